The van der Waals surface area contributed by atoms with E-state index in [1.54, 1.807) is 13.0 Å². The van der Waals surface area contributed by atoms with Gasteiger partial charge in [0.25, 0.3) is 0 Å². The van der Waals surface area contributed by atoms with Gasteiger partial charge >= 0.3 is 0 Å². The summed E-state index contributed by atoms with van der Waals surface area (Å²) < 4.78 is 41.0. The Morgan fingerprint density at radius 1 is 1.53 bits per heavy atom. The highest BCUT2D eigenvalue weighted by molar-refractivity contribution is 5.44. The van der Waals surface area contributed by atoms with E-state index in [0.29, 0.717) is 17.9 Å². The van der Waals surface area contributed by atoms with Crippen LogP contribution in [0.3, 0.4) is 0 Å². The van der Waals surface area contributed by atoms with E-state index in [4.69, 9.17) is 15.0 Å². The van der Waals surface area contributed by atoms with Gasteiger partial charge in [-0.05, 0) is 37.5 Å². The zero-order chi connectivity index (χ0) is 14.3. The molecule has 3 nitrogen and oxygen atoms in total. The summed E-state index contributed by atoms with van der Waals surface area (Å²) in [5.41, 5.74) is 0.431. The van der Waals surface area contributed by atoms with E-state index in [9.17, 15) is 0 Å². The molecule has 1 aromatic rings. The summed E-state index contributed by atoms with van der Waals surface area (Å²) in [7, 11) is 0. The van der Waals surface area contributed by atoms with Crippen LogP contribution in [0, 0.1) is 0 Å². The summed E-state index contributed by atoms with van der Waals surface area (Å²) in [6, 6.07) is 4.26. The predicted molar refractivity (Wildman–Crippen MR) is 59.4 cm³/mol. The lowest BCUT2D eigenvalue weighted by Gasteiger charge is -2.12. The monoisotopic (exact) mass is 211 g/mol. The van der Waals surface area contributed by atoms with Crippen LogP contribution in [-0.4, -0.2) is 19.3 Å². The Bertz CT molecular complexity index is 479. The Kier molecular flexibility index (Phi) is 1.93. The minimum absolute atomic E-state index is 0.232. The van der Waals surface area contributed by atoms with E-state index in [1.807, 2.05) is 6.92 Å². The molecule has 1 N–H and O–H groups in total. The lowest BCUT2D eigenvalue weighted by molar-refractivity contribution is 0.174. The van der Waals surface area contributed by atoms with E-state index < -0.39 is 13.1 Å². The van der Waals surface area contributed by atoms with Gasteiger partial charge in [0.2, 0.25) is 6.75 Å². The summed E-state index contributed by atoms with van der Waals surface area (Å²) in [6.07, 6.45) is -1.58. The number of hydrogen-bond donors (Lipinski definition) is 1. The van der Waals surface area contributed by atoms with Crippen molar-refractivity contribution in [3.63, 3.8) is 0 Å². The molecule has 0 radical (unpaired) electrons. The van der Waals surface area contributed by atoms with Crippen LogP contribution in [0.15, 0.2) is 18.2 Å². The standard InChI is InChI=1S/C12H17NO2/c1-3-13-9(2)6-10-4-5-11-12(7-10)15-8-14-11/h4-5,7,9,13H,3,6,8H2,1-2H3/t9-/m0/s1/i6D2,8D2. The average molecular weight is 211 g/mol. The Morgan fingerprint density at radius 2 is 2.33 bits per heavy atom. The highest BCUT2D eigenvalue weighted by atomic mass is 16.7. The number of ether oxygens (including phenoxy) is 2. The summed E-state index contributed by atoms with van der Waals surface area (Å²) in [5, 5.41) is 3.05. The van der Waals surface area contributed by atoms with E-state index in [1.165, 1.54) is 12.1 Å². The van der Waals surface area contributed by atoms with Crippen LogP contribution in [0.2, 0.25) is 0 Å². The summed E-state index contributed by atoms with van der Waals surface area (Å²) >= 11 is 0. The van der Waals surface area contributed by atoms with Crippen molar-refractivity contribution in [1.29, 1.82) is 0 Å². The summed E-state index contributed by atoms with van der Waals surface area (Å²) in [6.45, 7) is 2.18. The average Bonchev–Trinajstić information content (AvgIpc) is 2.61. The second kappa shape index (κ2) is 4.53. The first-order chi connectivity index (χ1) is 8.76. The maximum Gasteiger partial charge on any atom is 0.231 e. The third-order valence-corrected chi connectivity index (χ3v) is 2.14. The van der Waals surface area contributed by atoms with Crippen molar-refractivity contribution in [3.05, 3.63) is 23.8 Å². The lowest BCUT2D eigenvalue weighted by Crippen LogP contribution is -2.27. The Balaban J connectivity index is 2.29. The molecular formula is C12H17NO2. The molecule has 3 heteroatoms. The number of nitrogens with one attached hydrogen (secondary N) is 1. The lowest BCUT2D eigenvalue weighted by atomic mass is 10.1. The van der Waals surface area contributed by atoms with Crippen LogP contribution in [0.5, 0.6) is 11.5 Å². The quantitative estimate of drug-likeness (QED) is 0.825. The molecule has 15 heavy (non-hydrogen) atoms. The maximum atomic E-state index is 8.15. The molecule has 1 aliphatic heterocycles. The number of rotatable bonds is 4. The van der Waals surface area contributed by atoms with E-state index in [-0.39, 0.29) is 11.8 Å². The molecule has 0 aliphatic carbocycles. The van der Waals surface area contributed by atoms with Crippen LogP contribution in [0.4, 0.5) is 0 Å². The topological polar surface area (TPSA) is 30.5 Å². The highest BCUT2D eigenvalue weighted by Crippen LogP contribution is 2.32. The highest BCUT2D eigenvalue weighted by Gasteiger charge is 2.13. The first-order valence-electron chi connectivity index (χ1n) is 7.02. The SMILES string of the molecule is [2H]C1([2H])Oc2ccc(C([2H])([2H])[C@H](C)NCC)cc2O1. The second-order valence-corrected chi connectivity index (χ2v) is 3.37. The van der Waals surface area contributed by atoms with Gasteiger partial charge in [0, 0.05) is 8.78 Å². The first kappa shape index (κ1) is 6.38. The van der Waals surface area contributed by atoms with Crippen LogP contribution in [0.25, 0.3) is 0 Å². The molecule has 0 aromatic heterocycles. The molecule has 1 aromatic carbocycles. The molecule has 1 heterocycles. The molecule has 82 valence electrons. The first-order valence-corrected chi connectivity index (χ1v) is 5.02. The van der Waals surface area contributed by atoms with Crippen molar-refractivity contribution in [1.82, 2.24) is 5.32 Å². The van der Waals surface area contributed by atoms with Crippen molar-refractivity contribution < 1.29 is 15.0 Å². The molecular weight excluding hydrogens is 190 g/mol. The van der Waals surface area contributed by atoms with Gasteiger partial charge in [-0.2, -0.15) is 0 Å². The fraction of sp³-hybridized carbons (Fsp3) is 0.500. The number of benzene rings is 1. The van der Waals surface area contributed by atoms with E-state index in [2.05, 4.69) is 5.32 Å². The largest absolute Gasteiger partial charge is 0.454 e. The minimum atomic E-state index is -2.18. The van der Waals surface area contributed by atoms with Gasteiger partial charge in [0.15, 0.2) is 11.5 Å². The van der Waals surface area contributed by atoms with Crippen molar-refractivity contribution in [2.45, 2.75) is 26.3 Å². The van der Waals surface area contributed by atoms with Gasteiger partial charge < -0.3 is 14.8 Å². The zero-order valence-electron chi connectivity index (χ0n) is 12.8. The van der Waals surface area contributed by atoms with Gasteiger partial charge in [-0.3, -0.25) is 0 Å². The molecule has 0 unspecified atom stereocenters. The zero-order valence-corrected chi connectivity index (χ0v) is 8.83. The van der Waals surface area contributed by atoms with Crippen molar-refractivity contribution >= 4 is 0 Å². The molecule has 1 aliphatic rings. The van der Waals surface area contributed by atoms with E-state index >= 15 is 0 Å². The molecule has 0 saturated heterocycles. The third kappa shape index (κ3) is 2.42. The van der Waals surface area contributed by atoms with Crippen molar-refractivity contribution in [2.75, 3.05) is 13.3 Å². The Hall–Kier alpha value is -1.22. The molecule has 2 rings (SSSR count). The smallest absolute Gasteiger partial charge is 0.231 e. The van der Waals surface area contributed by atoms with Crippen LogP contribution in [-0.2, 0) is 6.37 Å². The molecule has 0 spiro atoms. The number of fused-ring (bicyclic) bond motifs is 1. The van der Waals surface area contributed by atoms with Gasteiger partial charge in [-0.15, -0.1) is 0 Å². The predicted octanol–water partition coefficient (Wildman–Crippen LogP) is 1.96. The van der Waals surface area contributed by atoms with Crippen LogP contribution in [0.1, 0.15) is 24.9 Å². The van der Waals surface area contributed by atoms with Crippen LogP contribution >= 0.6 is 0 Å². The minimum Gasteiger partial charge on any atom is -0.454 e. The third-order valence-electron chi connectivity index (χ3n) is 2.14. The van der Waals surface area contributed by atoms with Gasteiger partial charge in [-0.25, -0.2) is 0 Å². The molecule has 0 amide bonds. The van der Waals surface area contributed by atoms with E-state index in [0.717, 1.165) is 0 Å². The van der Waals surface area contributed by atoms with Gasteiger partial charge in [-0.1, -0.05) is 13.0 Å². The van der Waals surface area contributed by atoms with Gasteiger partial charge in [0.1, 0.15) is 2.74 Å². The van der Waals surface area contributed by atoms with Crippen LogP contribution < -0.4 is 14.8 Å². The second-order valence-electron chi connectivity index (χ2n) is 3.37. The maximum absolute atomic E-state index is 8.15. The normalized spacial score (nSPS) is 23.6. The van der Waals surface area contributed by atoms with Crippen molar-refractivity contribution in [2.24, 2.45) is 0 Å². The number of likely N-dealkylation sites (N-methyl/N-ethyl adjacent to an activating group) is 1. The Morgan fingerprint density at radius 3 is 3.13 bits per heavy atom. The Labute approximate surface area is 96.0 Å². The summed E-state index contributed by atoms with van der Waals surface area (Å²) in [4.78, 5) is 0. The molecule has 0 saturated carbocycles. The van der Waals surface area contributed by atoms with Gasteiger partial charge in [0.05, 0.1) is 0 Å². The number of hydrogen-bond acceptors (Lipinski definition) is 3. The molecule has 0 bridgehead atoms. The molecule has 0 fully saturated rings. The van der Waals surface area contributed by atoms with Crippen molar-refractivity contribution in [3.8, 4) is 11.5 Å². The molecule has 1 atom stereocenters. The fourth-order valence-electron chi connectivity index (χ4n) is 1.48. The summed E-state index contributed by atoms with van der Waals surface area (Å²) in [5.74, 6) is 0.524. The fourth-order valence-corrected chi connectivity index (χ4v) is 1.48.